The van der Waals surface area contributed by atoms with Crippen LogP contribution < -0.4 is 0 Å². The van der Waals surface area contributed by atoms with Gasteiger partial charge in [0, 0.05) is 36.1 Å². The molecule has 4 heteroatoms. The lowest BCUT2D eigenvalue weighted by Gasteiger charge is -2.47. The van der Waals surface area contributed by atoms with Gasteiger partial charge < -0.3 is 4.74 Å². The molecule has 2 aliphatic heterocycles. The molecule has 1 saturated carbocycles. The van der Waals surface area contributed by atoms with Gasteiger partial charge in [-0.2, -0.15) is 0 Å². The maximum absolute atomic E-state index is 5.25. The van der Waals surface area contributed by atoms with E-state index in [1.54, 1.807) is 0 Å². The van der Waals surface area contributed by atoms with Gasteiger partial charge in [-0.25, -0.2) is 0 Å². The fraction of sp³-hybridized carbons (Fsp3) is 1.00. The van der Waals surface area contributed by atoms with Gasteiger partial charge in [0.1, 0.15) is 0 Å². The Hall–Kier alpha value is 0.610. The molecule has 3 rings (SSSR count). The highest BCUT2D eigenvalue weighted by Gasteiger charge is 2.35. The van der Waals surface area contributed by atoms with Crippen LogP contribution in [-0.4, -0.2) is 65.2 Å². The predicted octanol–water partition coefficient (Wildman–Crippen LogP) is 0.969. The first kappa shape index (κ1) is 10.7. The summed E-state index contributed by atoms with van der Waals surface area (Å²) in [6.07, 6.45) is 2.85. The van der Waals surface area contributed by atoms with Crippen LogP contribution in [0, 0.1) is 0 Å². The molecule has 0 atom stereocenters. The van der Waals surface area contributed by atoms with Gasteiger partial charge in [0.2, 0.25) is 0 Å². The van der Waals surface area contributed by atoms with Crippen LogP contribution >= 0.6 is 22.6 Å². The Morgan fingerprint density at radius 3 is 1.80 bits per heavy atom. The third-order valence-electron chi connectivity index (χ3n) is 4.06. The number of hydrogen-bond acceptors (Lipinski definition) is 3. The first-order chi connectivity index (χ1) is 7.33. The Kier molecular flexibility index (Phi) is 3.20. The lowest BCUT2D eigenvalue weighted by molar-refractivity contribution is -0.0818. The Balaban J connectivity index is 1.44. The molecule has 0 radical (unpaired) electrons. The third kappa shape index (κ3) is 2.18. The summed E-state index contributed by atoms with van der Waals surface area (Å²) in [5, 5.41) is 0. The number of halogens is 1. The lowest BCUT2D eigenvalue weighted by Crippen LogP contribution is -2.59. The van der Waals surface area contributed by atoms with Crippen molar-refractivity contribution in [3.63, 3.8) is 0 Å². The van der Waals surface area contributed by atoms with E-state index in [1.807, 2.05) is 0 Å². The van der Waals surface area contributed by atoms with Crippen LogP contribution in [0.25, 0.3) is 0 Å². The molecule has 0 spiro atoms. The van der Waals surface area contributed by atoms with Crippen molar-refractivity contribution in [3.05, 3.63) is 0 Å². The first-order valence-electron chi connectivity index (χ1n) is 6.03. The molecule has 0 unspecified atom stereocenters. The number of piperazine rings is 1. The third-order valence-corrected chi connectivity index (χ3v) is 5.07. The molecule has 0 amide bonds. The second kappa shape index (κ2) is 4.47. The van der Waals surface area contributed by atoms with Gasteiger partial charge in [0.15, 0.2) is 0 Å². The molecule has 1 aliphatic carbocycles. The molecule has 3 nitrogen and oxygen atoms in total. The molecule has 3 fully saturated rings. The van der Waals surface area contributed by atoms with Crippen molar-refractivity contribution in [2.75, 3.05) is 39.4 Å². The lowest BCUT2D eigenvalue weighted by atomic mass is 9.91. The highest BCUT2D eigenvalue weighted by atomic mass is 127. The summed E-state index contributed by atoms with van der Waals surface area (Å²) in [7, 11) is 0. The fourth-order valence-corrected chi connectivity index (χ4v) is 3.90. The van der Waals surface area contributed by atoms with Crippen molar-refractivity contribution < 1.29 is 4.74 Å². The molecule has 2 saturated heterocycles. The topological polar surface area (TPSA) is 15.7 Å². The minimum absolute atomic E-state index is 0.742. The van der Waals surface area contributed by atoms with Crippen LogP contribution in [0.4, 0.5) is 0 Å². The van der Waals surface area contributed by atoms with Gasteiger partial charge >= 0.3 is 0 Å². The standard InChI is InChI=1S/C11H19IN2O/c12-9-5-10(6-9)13-1-3-14(4-2-13)11-7-15-8-11/h9-11H,1-8H2. The van der Waals surface area contributed by atoms with E-state index in [-0.39, 0.29) is 0 Å². The van der Waals surface area contributed by atoms with E-state index in [0.717, 1.165) is 29.2 Å². The highest BCUT2D eigenvalue weighted by Crippen LogP contribution is 2.32. The summed E-state index contributed by atoms with van der Waals surface area (Å²) in [6.45, 7) is 7.03. The summed E-state index contributed by atoms with van der Waals surface area (Å²) in [5.41, 5.74) is 0. The zero-order valence-corrected chi connectivity index (χ0v) is 11.2. The van der Waals surface area contributed by atoms with Crippen LogP contribution in [0.3, 0.4) is 0 Å². The number of ether oxygens (including phenoxy) is 1. The van der Waals surface area contributed by atoms with Crippen LogP contribution in [-0.2, 0) is 4.74 Å². The second-order valence-electron chi connectivity index (χ2n) is 4.99. The number of rotatable bonds is 2. The molecule has 3 aliphatic rings. The molecule has 86 valence electrons. The van der Waals surface area contributed by atoms with Crippen molar-refractivity contribution in [1.29, 1.82) is 0 Å². The maximum Gasteiger partial charge on any atom is 0.0645 e. The van der Waals surface area contributed by atoms with Gasteiger partial charge in [-0.1, -0.05) is 22.6 Å². The van der Waals surface area contributed by atoms with E-state index in [2.05, 4.69) is 32.4 Å². The minimum Gasteiger partial charge on any atom is -0.378 e. The number of hydrogen-bond donors (Lipinski definition) is 0. The Morgan fingerprint density at radius 1 is 0.867 bits per heavy atom. The molecule has 0 aromatic carbocycles. The zero-order chi connectivity index (χ0) is 10.3. The summed E-state index contributed by atoms with van der Waals surface area (Å²) < 4.78 is 6.20. The first-order valence-corrected chi connectivity index (χ1v) is 7.27. The van der Waals surface area contributed by atoms with Gasteiger partial charge in [0.25, 0.3) is 0 Å². The number of alkyl halides is 1. The Bertz CT molecular complexity index is 221. The fourth-order valence-electron chi connectivity index (χ4n) is 2.72. The number of nitrogens with zero attached hydrogens (tertiary/aromatic N) is 2. The van der Waals surface area contributed by atoms with E-state index >= 15 is 0 Å². The Morgan fingerprint density at radius 2 is 1.40 bits per heavy atom. The normalized spacial score (nSPS) is 39.8. The van der Waals surface area contributed by atoms with Gasteiger partial charge in [0.05, 0.1) is 19.3 Å². The quantitative estimate of drug-likeness (QED) is 0.557. The van der Waals surface area contributed by atoms with Crippen LogP contribution in [0.2, 0.25) is 0 Å². The van der Waals surface area contributed by atoms with E-state index in [0.29, 0.717) is 0 Å². The summed E-state index contributed by atoms with van der Waals surface area (Å²) in [5.74, 6) is 0. The molecule has 0 bridgehead atoms. The summed E-state index contributed by atoms with van der Waals surface area (Å²) in [4.78, 5) is 5.31. The van der Waals surface area contributed by atoms with Crippen LogP contribution in [0.1, 0.15) is 12.8 Å². The summed E-state index contributed by atoms with van der Waals surface area (Å²) in [6, 6.07) is 1.65. The van der Waals surface area contributed by atoms with E-state index in [1.165, 1.54) is 39.0 Å². The predicted molar refractivity (Wildman–Crippen MR) is 68.6 cm³/mol. The molecule has 15 heavy (non-hydrogen) atoms. The van der Waals surface area contributed by atoms with Crippen molar-refractivity contribution in [2.24, 2.45) is 0 Å². The van der Waals surface area contributed by atoms with Gasteiger partial charge in [-0.15, -0.1) is 0 Å². The molecule has 0 N–H and O–H groups in total. The van der Waals surface area contributed by atoms with E-state index in [9.17, 15) is 0 Å². The molecular formula is C11H19IN2O. The molecule has 0 aromatic heterocycles. The largest absolute Gasteiger partial charge is 0.378 e. The zero-order valence-electron chi connectivity index (χ0n) is 9.07. The van der Waals surface area contributed by atoms with Crippen molar-refractivity contribution in [3.8, 4) is 0 Å². The minimum atomic E-state index is 0.742. The average molecular weight is 322 g/mol. The maximum atomic E-state index is 5.25. The average Bonchev–Trinajstić information content (AvgIpc) is 2.12. The SMILES string of the molecule is IC1CC(N2CCN(C3COC3)CC2)C1. The molecule has 0 aromatic rings. The van der Waals surface area contributed by atoms with Crippen molar-refractivity contribution in [2.45, 2.75) is 28.8 Å². The summed E-state index contributed by atoms with van der Waals surface area (Å²) >= 11 is 2.58. The van der Waals surface area contributed by atoms with Crippen molar-refractivity contribution >= 4 is 22.6 Å². The van der Waals surface area contributed by atoms with Gasteiger partial charge in [-0.05, 0) is 12.8 Å². The highest BCUT2D eigenvalue weighted by molar-refractivity contribution is 14.1. The van der Waals surface area contributed by atoms with Crippen LogP contribution in [0.15, 0.2) is 0 Å². The van der Waals surface area contributed by atoms with Crippen molar-refractivity contribution in [1.82, 2.24) is 9.80 Å². The van der Waals surface area contributed by atoms with E-state index in [4.69, 9.17) is 4.74 Å². The monoisotopic (exact) mass is 322 g/mol. The molecular weight excluding hydrogens is 303 g/mol. The molecule has 2 heterocycles. The smallest absolute Gasteiger partial charge is 0.0645 e. The van der Waals surface area contributed by atoms with Gasteiger partial charge in [-0.3, -0.25) is 9.80 Å². The second-order valence-corrected chi connectivity index (χ2v) is 6.75. The van der Waals surface area contributed by atoms with E-state index < -0.39 is 0 Å². The van der Waals surface area contributed by atoms with Crippen LogP contribution in [0.5, 0.6) is 0 Å². The Labute approximate surface area is 105 Å².